The number of aliphatic hydroxyl groups is 1. The van der Waals surface area contributed by atoms with Crippen LogP contribution in [-0.2, 0) is 17.4 Å². The van der Waals surface area contributed by atoms with Crippen LogP contribution in [0.15, 0.2) is 6.07 Å². The Morgan fingerprint density at radius 2 is 1.50 bits per heavy atom. The van der Waals surface area contributed by atoms with Gasteiger partial charge in [0.1, 0.15) is 5.75 Å². The van der Waals surface area contributed by atoms with Gasteiger partial charge in [0.25, 0.3) is 0 Å². The van der Waals surface area contributed by atoms with Crippen molar-refractivity contribution in [2.75, 3.05) is 0 Å². The van der Waals surface area contributed by atoms with Crippen molar-refractivity contribution in [2.45, 2.75) is 65.9 Å². The number of benzene rings is 1. The maximum Gasteiger partial charge on any atom is 0.122 e. The van der Waals surface area contributed by atoms with Gasteiger partial charge < -0.3 is 10.2 Å². The highest BCUT2D eigenvalue weighted by atomic mass is 16.3. The van der Waals surface area contributed by atoms with Crippen LogP contribution in [0.5, 0.6) is 5.75 Å². The summed E-state index contributed by atoms with van der Waals surface area (Å²) < 4.78 is 0. The van der Waals surface area contributed by atoms with Crippen molar-refractivity contribution < 1.29 is 10.2 Å². The molecule has 0 aliphatic carbocycles. The Kier molecular flexibility index (Phi) is 3.83. The second-order valence-electron chi connectivity index (χ2n) is 7.09. The summed E-state index contributed by atoms with van der Waals surface area (Å²) in [7, 11) is 0. The normalized spacial score (nSPS) is 12.9. The molecule has 0 amide bonds. The highest BCUT2D eigenvalue weighted by Gasteiger charge is 2.29. The van der Waals surface area contributed by atoms with Crippen molar-refractivity contribution in [3.05, 3.63) is 28.3 Å². The van der Waals surface area contributed by atoms with Crippen molar-refractivity contribution in [3.63, 3.8) is 0 Å². The number of rotatable bonds is 1. The molecule has 0 unspecified atom stereocenters. The number of aliphatic hydroxyl groups excluding tert-OH is 1. The van der Waals surface area contributed by atoms with Gasteiger partial charge in [-0.3, -0.25) is 0 Å². The molecular formula is C16H26O2. The molecule has 0 aromatic heterocycles. The SMILES string of the molecule is Cc1c(CO)cc(C(C)(C)C)c(C(C)(C)C)c1O. The summed E-state index contributed by atoms with van der Waals surface area (Å²) in [4.78, 5) is 0. The molecule has 18 heavy (non-hydrogen) atoms. The topological polar surface area (TPSA) is 40.5 Å². The van der Waals surface area contributed by atoms with Crippen molar-refractivity contribution >= 4 is 0 Å². The van der Waals surface area contributed by atoms with Crippen molar-refractivity contribution in [1.29, 1.82) is 0 Å². The van der Waals surface area contributed by atoms with Gasteiger partial charge in [-0.1, -0.05) is 47.6 Å². The van der Waals surface area contributed by atoms with Gasteiger partial charge in [0, 0.05) is 5.56 Å². The Bertz CT molecular complexity index is 446. The molecule has 2 N–H and O–H groups in total. The molecule has 1 aromatic rings. The summed E-state index contributed by atoms with van der Waals surface area (Å²) in [5.41, 5.74) is 3.52. The third kappa shape index (κ3) is 2.69. The van der Waals surface area contributed by atoms with Gasteiger partial charge in [0.05, 0.1) is 6.61 Å². The highest BCUT2D eigenvalue weighted by molar-refractivity contribution is 5.54. The van der Waals surface area contributed by atoms with Crippen LogP contribution in [0, 0.1) is 6.92 Å². The van der Waals surface area contributed by atoms with E-state index in [0.29, 0.717) is 5.75 Å². The predicted molar refractivity (Wildman–Crippen MR) is 76.2 cm³/mol. The fourth-order valence-corrected chi connectivity index (χ4v) is 2.34. The summed E-state index contributed by atoms with van der Waals surface area (Å²) in [6.45, 7) is 14.5. The minimum absolute atomic E-state index is 0.0348. The summed E-state index contributed by atoms with van der Waals surface area (Å²) in [6, 6.07) is 2.04. The first-order valence-corrected chi connectivity index (χ1v) is 6.47. The lowest BCUT2D eigenvalue weighted by molar-refractivity contribution is 0.279. The summed E-state index contributed by atoms with van der Waals surface area (Å²) in [5.74, 6) is 0.332. The van der Waals surface area contributed by atoms with Crippen LogP contribution in [0.2, 0.25) is 0 Å². The fourth-order valence-electron chi connectivity index (χ4n) is 2.34. The Morgan fingerprint density at radius 1 is 1.00 bits per heavy atom. The van der Waals surface area contributed by atoms with E-state index in [1.54, 1.807) is 0 Å². The molecule has 0 fully saturated rings. The molecule has 1 aromatic carbocycles. The molecule has 0 spiro atoms. The maximum atomic E-state index is 10.5. The number of aromatic hydroxyl groups is 1. The molecule has 0 saturated heterocycles. The lowest BCUT2D eigenvalue weighted by atomic mass is 9.73. The van der Waals surface area contributed by atoms with Gasteiger partial charge in [-0.15, -0.1) is 0 Å². The van der Waals surface area contributed by atoms with Gasteiger partial charge in [0.2, 0.25) is 0 Å². The monoisotopic (exact) mass is 250 g/mol. The van der Waals surface area contributed by atoms with Crippen LogP contribution < -0.4 is 0 Å². The average Bonchev–Trinajstić information content (AvgIpc) is 2.18. The van der Waals surface area contributed by atoms with E-state index in [1.165, 1.54) is 0 Å². The summed E-state index contributed by atoms with van der Waals surface area (Å²) in [6.07, 6.45) is 0. The zero-order valence-electron chi connectivity index (χ0n) is 12.7. The second-order valence-corrected chi connectivity index (χ2v) is 7.09. The standard InChI is InChI=1S/C16H26O2/c1-10-11(9-17)8-12(15(2,3)4)13(14(10)18)16(5,6)7/h8,17-18H,9H2,1-7H3. The molecule has 2 nitrogen and oxygen atoms in total. The Morgan fingerprint density at radius 3 is 1.83 bits per heavy atom. The minimum atomic E-state index is -0.120. The van der Waals surface area contributed by atoms with Crippen molar-refractivity contribution in [2.24, 2.45) is 0 Å². The van der Waals surface area contributed by atoms with E-state index >= 15 is 0 Å². The molecule has 0 radical (unpaired) electrons. The van der Waals surface area contributed by atoms with E-state index in [-0.39, 0.29) is 17.4 Å². The van der Waals surface area contributed by atoms with Crippen molar-refractivity contribution in [1.82, 2.24) is 0 Å². The molecule has 1 rings (SSSR count). The third-order valence-corrected chi connectivity index (χ3v) is 3.39. The summed E-state index contributed by atoms with van der Waals surface area (Å²) >= 11 is 0. The highest BCUT2D eigenvalue weighted by Crippen LogP contribution is 2.42. The number of phenolic OH excluding ortho intramolecular Hbond substituents is 1. The Hall–Kier alpha value is -1.02. The number of hydrogen-bond acceptors (Lipinski definition) is 2. The van der Waals surface area contributed by atoms with Gasteiger partial charge in [0.15, 0.2) is 0 Å². The van der Waals surface area contributed by atoms with E-state index in [2.05, 4.69) is 41.5 Å². The first-order valence-electron chi connectivity index (χ1n) is 6.47. The average molecular weight is 250 g/mol. The third-order valence-electron chi connectivity index (χ3n) is 3.39. The quantitative estimate of drug-likeness (QED) is 0.796. The second kappa shape index (κ2) is 4.58. The molecule has 102 valence electrons. The van der Waals surface area contributed by atoms with E-state index in [4.69, 9.17) is 0 Å². The van der Waals surface area contributed by atoms with Crippen LogP contribution in [-0.4, -0.2) is 10.2 Å². The zero-order chi connectivity index (χ0) is 14.3. The van der Waals surface area contributed by atoms with Crippen molar-refractivity contribution in [3.8, 4) is 5.75 Å². The largest absolute Gasteiger partial charge is 0.507 e. The number of phenols is 1. The van der Waals surface area contributed by atoms with Gasteiger partial charge in [-0.2, -0.15) is 0 Å². The van der Waals surface area contributed by atoms with E-state index < -0.39 is 0 Å². The Labute approximate surface area is 111 Å². The molecule has 0 aliphatic heterocycles. The maximum absolute atomic E-state index is 10.5. The molecule has 2 heteroatoms. The lowest BCUT2D eigenvalue weighted by Gasteiger charge is -2.32. The van der Waals surface area contributed by atoms with E-state index in [9.17, 15) is 10.2 Å². The van der Waals surface area contributed by atoms with Gasteiger partial charge in [-0.25, -0.2) is 0 Å². The van der Waals surface area contributed by atoms with Crippen LogP contribution >= 0.6 is 0 Å². The number of hydrogen-bond donors (Lipinski definition) is 2. The lowest BCUT2D eigenvalue weighted by Crippen LogP contribution is -2.23. The van der Waals surface area contributed by atoms with Gasteiger partial charge >= 0.3 is 0 Å². The molecule has 0 aliphatic rings. The molecular weight excluding hydrogens is 224 g/mol. The first kappa shape index (κ1) is 15.0. The van der Waals surface area contributed by atoms with E-state index in [0.717, 1.165) is 22.3 Å². The zero-order valence-corrected chi connectivity index (χ0v) is 12.7. The van der Waals surface area contributed by atoms with Crippen LogP contribution in [0.4, 0.5) is 0 Å². The van der Waals surface area contributed by atoms with Crippen LogP contribution in [0.1, 0.15) is 63.8 Å². The molecule has 0 atom stereocenters. The molecule has 0 heterocycles. The fraction of sp³-hybridized carbons (Fsp3) is 0.625. The predicted octanol–water partition coefficient (Wildman–Crippen LogP) is 3.79. The van der Waals surface area contributed by atoms with Gasteiger partial charge in [-0.05, 0) is 34.4 Å². The van der Waals surface area contributed by atoms with E-state index in [1.807, 2.05) is 13.0 Å². The molecule has 0 bridgehead atoms. The minimum Gasteiger partial charge on any atom is -0.507 e. The first-order chi connectivity index (χ1) is 8.00. The molecule has 0 saturated carbocycles. The van der Waals surface area contributed by atoms with Crippen LogP contribution in [0.25, 0.3) is 0 Å². The smallest absolute Gasteiger partial charge is 0.122 e. The summed E-state index contributed by atoms with van der Waals surface area (Å²) in [5, 5.41) is 19.9. The van der Waals surface area contributed by atoms with Crippen LogP contribution in [0.3, 0.4) is 0 Å². The Balaban J connectivity index is 3.73.